The van der Waals surface area contributed by atoms with Gasteiger partial charge in [-0.3, -0.25) is 0 Å². The van der Waals surface area contributed by atoms with E-state index in [1.54, 1.807) is 22.3 Å². The Morgan fingerprint density at radius 3 is 2.13 bits per heavy atom. The molecule has 2 aromatic rings. The number of hydrogen-bond acceptors (Lipinski definition) is 2. The molecule has 2 nitrogen and oxygen atoms in total. The maximum absolute atomic E-state index is 4.21. The standard InChI is InChI=1S/C12H10N2Te/c15-12-9-5-4-8-11(12)14-13-10-6-2-1-3-7-10/h1-9,15H/b14-13+. The van der Waals surface area contributed by atoms with Crippen molar-refractivity contribution in [2.75, 3.05) is 0 Å². The van der Waals surface area contributed by atoms with Crippen LogP contribution >= 0.6 is 0 Å². The Bertz CT molecular complexity index is 466. The van der Waals surface area contributed by atoms with Gasteiger partial charge in [0, 0.05) is 0 Å². The van der Waals surface area contributed by atoms with Crippen molar-refractivity contribution < 1.29 is 0 Å². The van der Waals surface area contributed by atoms with Crippen LogP contribution in [-0.4, -0.2) is 22.3 Å². The van der Waals surface area contributed by atoms with E-state index in [-0.39, 0.29) is 0 Å². The third-order valence-corrected chi connectivity index (χ3v) is 2.99. The van der Waals surface area contributed by atoms with E-state index in [1.807, 2.05) is 54.6 Å². The summed E-state index contributed by atoms with van der Waals surface area (Å²) in [5.41, 5.74) is 1.82. The van der Waals surface area contributed by atoms with Crippen molar-refractivity contribution in [3.05, 3.63) is 54.6 Å². The van der Waals surface area contributed by atoms with Gasteiger partial charge in [-0.1, -0.05) is 0 Å². The predicted octanol–water partition coefficient (Wildman–Crippen LogP) is 2.63. The van der Waals surface area contributed by atoms with Crippen LogP contribution in [0.3, 0.4) is 0 Å². The molecule has 2 rings (SSSR count). The summed E-state index contributed by atoms with van der Waals surface area (Å²) in [6.45, 7) is 0. The molecule has 0 atom stereocenters. The molecule has 0 aliphatic rings. The van der Waals surface area contributed by atoms with Gasteiger partial charge in [-0.2, -0.15) is 0 Å². The monoisotopic (exact) mass is 312 g/mol. The molecule has 0 saturated heterocycles. The molecule has 0 heterocycles. The van der Waals surface area contributed by atoms with E-state index in [2.05, 4.69) is 10.2 Å². The molecule has 0 bridgehead atoms. The molecule has 2 aromatic carbocycles. The minimum atomic E-state index is 0.881. The summed E-state index contributed by atoms with van der Waals surface area (Å²) in [7, 11) is 0. The molecule has 0 radical (unpaired) electrons. The van der Waals surface area contributed by atoms with Gasteiger partial charge in [-0.15, -0.1) is 0 Å². The molecule has 0 spiro atoms. The average molecular weight is 310 g/mol. The molecular formula is C12H10N2Te. The normalized spacial score (nSPS) is 10.7. The van der Waals surface area contributed by atoms with Gasteiger partial charge in [0.25, 0.3) is 0 Å². The number of benzene rings is 2. The van der Waals surface area contributed by atoms with Crippen molar-refractivity contribution in [1.82, 2.24) is 0 Å². The molecule has 0 amide bonds. The van der Waals surface area contributed by atoms with Gasteiger partial charge in [-0.05, 0) is 0 Å². The van der Waals surface area contributed by atoms with E-state index in [0.717, 1.165) is 11.4 Å². The van der Waals surface area contributed by atoms with Crippen molar-refractivity contribution in [1.29, 1.82) is 0 Å². The molecule has 3 heteroatoms. The molecule has 74 valence electrons. The fourth-order valence-electron chi connectivity index (χ4n) is 1.15. The zero-order chi connectivity index (χ0) is 10.5. The first kappa shape index (κ1) is 10.4. The van der Waals surface area contributed by atoms with Crippen LogP contribution in [0.2, 0.25) is 0 Å². The van der Waals surface area contributed by atoms with Gasteiger partial charge in [-0.25, -0.2) is 0 Å². The van der Waals surface area contributed by atoms with E-state index in [4.69, 9.17) is 0 Å². The van der Waals surface area contributed by atoms with Crippen molar-refractivity contribution >= 4 is 37.3 Å². The SMILES string of the molecule is [TeH]c1ccccc1/N=N/c1ccccc1. The first-order chi connectivity index (χ1) is 7.36. The fraction of sp³-hybridized carbons (Fsp3) is 0. The van der Waals surface area contributed by atoms with Gasteiger partial charge in [0.1, 0.15) is 0 Å². The first-order valence-electron chi connectivity index (χ1n) is 4.61. The molecule has 0 fully saturated rings. The summed E-state index contributed by atoms with van der Waals surface area (Å²) in [4.78, 5) is 0. The third kappa shape index (κ3) is 2.89. The molecule has 0 aliphatic carbocycles. The predicted molar refractivity (Wildman–Crippen MR) is 63.8 cm³/mol. The van der Waals surface area contributed by atoms with Crippen LogP contribution in [0.15, 0.2) is 64.8 Å². The summed E-state index contributed by atoms with van der Waals surface area (Å²) < 4.78 is 1.19. The van der Waals surface area contributed by atoms with E-state index in [1.165, 1.54) is 3.61 Å². The Morgan fingerprint density at radius 2 is 1.40 bits per heavy atom. The van der Waals surface area contributed by atoms with Gasteiger partial charge < -0.3 is 0 Å². The Morgan fingerprint density at radius 1 is 0.733 bits per heavy atom. The Balaban J connectivity index is 2.23. The number of hydrogen-bond donors (Lipinski definition) is 0. The summed E-state index contributed by atoms with van der Waals surface area (Å²) in [5.74, 6) is 0. The summed E-state index contributed by atoms with van der Waals surface area (Å²) >= 11 is 1.66. The molecule has 0 N–H and O–H groups in total. The second kappa shape index (κ2) is 5.06. The van der Waals surface area contributed by atoms with Gasteiger partial charge in [0.05, 0.1) is 0 Å². The molecule has 15 heavy (non-hydrogen) atoms. The Labute approximate surface area is 102 Å². The Hall–Kier alpha value is -1.17. The van der Waals surface area contributed by atoms with E-state index in [0.29, 0.717) is 0 Å². The van der Waals surface area contributed by atoms with E-state index >= 15 is 0 Å². The van der Waals surface area contributed by atoms with Crippen molar-refractivity contribution in [3.8, 4) is 0 Å². The van der Waals surface area contributed by atoms with E-state index < -0.39 is 0 Å². The topological polar surface area (TPSA) is 24.7 Å². The van der Waals surface area contributed by atoms with Crippen LogP contribution in [0.25, 0.3) is 0 Å². The minimum absolute atomic E-state index is 0.881. The molecule has 0 unspecified atom stereocenters. The van der Waals surface area contributed by atoms with Crippen molar-refractivity contribution in [2.45, 2.75) is 0 Å². The van der Waals surface area contributed by atoms with Gasteiger partial charge in [0.15, 0.2) is 0 Å². The Kier molecular flexibility index (Phi) is 3.49. The first-order valence-corrected chi connectivity index (χ1v) is 5.89. The molecule has 0 saturated carbocycles. The van der Waals surface area contributed by atoms with Gasteiger partial charge in [0.2, 0.25) is 0 Å². The zero-order valence-corrected chi connectivity index (χ0v) is 10.6. The van der Waals surface area contributed by atoms with Crippen LogP contribution in [0.1, 0.15) is 0 Å². The summed E-state index contributed by atoms with van der Waals surface area (Å²) in [6, 6.07) is 17.8. The molecule has 0 aromatic heterocycles. The second-order valence-electron chi connectivity index (χ2n) is 3.02. The van der Waals surface area contributed by atoms with Crippen LogP contribution in [0.5, 0.6) is 0 Å². The number of azo groups is 1. The fourth-order valence-corrected chi connectivity index (χ4v) is 1.74. The number of nitrogens with zero attached hydrogens (tertiary/aromatic N) is 2. The third-order valence-electron chi connectivity index (χ3n) is 1.91. The quantitative estimate of drug-likeness (QED) is 0.602. The van der Waals surface area contributed by atoms with Crippen molar-refractivity contribution in [2.24, 2.45) is 10.2 Å². The maximum atomic E-state index is 4.21. The van der Waals surface area contributed by atoms with Crippen molar-refractivity contribution in [3.63, 3.8) is 0 Å². The van der Waals surface area contributed by atoms with E-state index in [9.17, 15) is 0 Å². The second-order valence-corrected chi connectivity index (χ2v) is 4.40. The zero-order valence-electron chi connectivity index (χ0n) is 8.04. The van der Waals surface area contributed by atoms with Gasteiger partial charge >= 0.3 is 102 Å². The van der Waals surface area contributed by atoms with Crippen LogP contribution in [0, 0.1) is 0 Å². The number of rotatable bonds is 2. The van der Waals surface area contributed by atoms with Crippen LogP contribution < -0.4 is 3.61 Å². The molecule has 0 aliphatic heterocycles. The summed E-state index contributed by atoms with van der Waals surface area (Å²) in [5, 5.41) is 8.38. The summed E-state index contributed by atoms with van der Waals surface area (Å²) in [6.07, 6.45) is 0. The molecular weight excluding hydrogens is 300 g/mol. The van der Waals surface area contributed by atoms with Crippen LogP contribution in [0.4, 0.5) is 11.4 Å². The average Bonchev–Trinajstić information content (AvgIpc) is 2.29. The van der Waals surface area contributed by atoms with Crippen LogP contribution in [-0.2, 0) is 0 Å².